The maximum absolute atomic E-state index is 13.2. The molecular formula is C25H25ClF2N2O. The van der Waals surface area contributed by atoms with Gasteiger partial charge >= 0.3 is 0 Å². The maximum Gasteiger partial charge on any atom is 0.159 e. The summed E-state index contributed by atoms with van der Waals surface area (Å²) in [6, 6.07) is 20.2. The van der Waals surface area contributed by atoms with Crippen molar-refractivity contribution in [2.24, 2.45) is 0 Å². The molecule has 31 heavy (non-hydrogen) atoms. The van der Waals surface area contributed by atoms with E-state index in [2.05, 4.69) is 10.6 Å². The van der Waals surface area contributed by atoms with Gasteiger partial charge < -0.3 is 10.6 Å². The molecule has 0 saturated carbocycles. The average molecular weight is 443 g/mol. The molecule has 0 aliphatic carbocycles. The molecule has 1 heterocycles. The number of benzene rings is 3. The first kappa shape index (κ1) is 23.1. The van der Waals surface area contributed by atoms with Gasteiger partial charge in [0.1, 0.15) is 11.6 Å². The second-order valence-electron chi connectivity index (χ2n) is 7.41. The normalized spacial score (nSPS) is 15.8. The number of halogens is 3. The van der Waals surface area contributed by atoms with Crippen molar-refractivity contribution in [3.63, 3.8) is 0 Å². The lowest BCUT2D eigenvalue weighted by molar-refractivity contribution is 0.101. The predicted molar refractivity (Wildman–Crippen MR) is 121 cm³/mol. The third kappa shape index (κ3) is 6.69. The van der Waals surface area contributed by atoms with Gasteiger partial charge in [-0.2, -0.15) is 0 Å². The van der Waals surface area contributed by atoms with E-state index < -0.39 is 0 Å². The van der Waals surface area contributed by atoms with Gasteiger partial charge in [0.05, 0.1) is 0 Å². The van der Waals surface area contributed by atoms with Crippen LogP contribution < -0.4 is 10.6 Å². The van der Waals surface area contributed by atoms with Crippen LogP contribution in [-0.4, -0.2) is 31.5 Å². The van der Waals surface area contributed by atoms with Crippen molar-refractivity contribution in [2.75, 3.05) is 19.6 Å². The third-order valence-electron chi connectivity index (χ3n) is 5.18. The van der Waals surface area contributed by atoms with Crippen molar-refractivity contribution in [1.82, 2.24) is 10.6 Å². The van der Waals surface area contributed by atoms with Crippen molar-refractivity contribution < 1.29 is 13.6 Å². The van der Waals surface area contributed by atoms with Gasteiger partial charge in [-0.3, -0.25) is 4.79 Å². The zero-order valence-corrected chi connectivity index (χ0v) is 18.0. The molecular weight excluding hydrogens is 418 g/mol. The minimum atomic E-state index is -0.244. The summed E-state index contributed by atoms with van der Waals surface area (Å²) in [6.45, 7) is 4.20. The molecule has 4 rings (SSSR count). The lowest BCUT2D eigenvalue weighted by Gasteiger charge is -2.32. The molecule has 2 N–H and O–H groups in total. The third-order valence-corrected chi connectivity index (χ3v) is 5.44. The van der Waals surface area contributed by atoms with Crippen molar-refractivity contribution in [2.45, 2.75) is 18.9 Å². The molecule has 1 saturated heterocycles. The molecule has 1 unspecified atom stereocenters. The molecule has 0 spiro atoms. The summed E-state index contributed by atoms with van der Waals surface area (Å²) in [5.74, 6) is -0.353. The summed E-state index contributed by atoms with van der Waals surface area (Å²) in [6.07, 6.45) is 0. The van der Waals surface area contributed by atoms with Gasteiger partial charge in [-0.05, 0) is 66.6 Å². The number of Topliss-reactive ketones (excluding diaryl/α,β-unsaturated/α-hetero) is 1. The van der Waals surface area contributed by atoms with Gasteiger partial charge in [-0.25, -0.2) is 8.78 Å². The highest BCUT2D eigenvalue weighted by molar-refractivity contribution is 6.30. The fraction of sp³-hybridized carbons (Fsp3) is 0.240. The quantitative estimate of drug-likeness (QED) is 0.545. The van der Waals surface area contributed by atoms with Crippen LogP contribution in [0.25, 0.3) is 0 Å². The van der Waals surface area contributed by atoms with Crippen LogP contribution in [0.15, 0.2) is 72.8 Å². The van der Waals surface area contributed by atoms with E-state index in [-0.39, 0.29) is 29.4 Å². The summed E-state index contributed by atoms with van der Waals surface area (Å²) in [5.41, 5.74) is 2.76. The largest absolute Gasteiger partial charge is 0.314 e. The van der Waals surface area contributed by atoms with Crippen LogP contribution in [0.3, 0.4) is 0 Å². The first-order valence-electron chi connectivity index (χ1n) is 10.2. The number of nitrogens with one attached hydrogen (secondary N) is 2. The van der Waals surface area contributed by atoms with Gasteiger partial charge in [0.2, 0.25) is 0 Å². The zero-order valence-electron chi connectivity index (χ0n) is 17.2. The van der Waals surface area contributed by atoms with Crippen LogP contribution in [-0.2, 0) is 0 Å². The highest BCUT2D eigenvalue weighted by Crippen LogP contribution is 2.29. The highest BCUT2D eigenvalue weighted by atomic mass is 35.5. The molecule has 3 nitrogen and oxygen atoms in total. The fourth-order valence-corrected chi connectivity index (χ4v) is 3.72. The van der Waals surface area contributed by atoms with E-state index in [4.69, 9.17) is 11.6 Å². The van der Waals surface area contributed by atoms with Gasteiger partial charge in [0.15, 0.2) is 5.78 Å². The standard InChI is InChI=1S/C17H18F2N2.C8H7ClO/c18-14-5-1-12(2-6-14)17(16-11-20-9-10-21-16)13-3-7-15(19)8-4-13;1-6(10)7-2-4-8(9)5-3-7/h1-8,16-17,20-21H,9-11H2;2-5H,1H3. The second kappa shape index (κ2) is 11.1. The zero-order chi connectivity index (χ0) is 22.2. The number of carbonyl (C=O) groups excluding carboxylic acids is 1. The highest BCUT2D eigenvalue weighted by Gasteiger charge is 2.26. The SMILES string of the molecule is CC(=O)c1ccc(Cl)cc1.Fc1ccc(C(c2ccc(F)cc2)C2CNCCN2)cc1. The summed E-state index contributed by atoms with van der Waals surface area (Å²) < 4.78 is 26.3. The molecule has 1 fully saturated rings. The Bertz CT molecular complexity index is 924. The van der Waals surface area contributed by atoms with E-state index in [0.717, 1.165) is 30.8 Å². The van der Waals surface area contributed by atoms with Gasteiger partial charge in [-0.15, -0.1) is 0 Å². The van der Waals surface area contributed by atoms with Gasteiger partial charge in [-0.1, -0.05) is 35.9 Å². The molecule has 0 aromatic heterocycles. The van der Waals surface area contributed by atoms with E-state index in [1.807, 2.05) is 0 Å². The topological polar surface area (TPSA) is 41.1 Å². The maximum atomic E-state index is 13.2. The van der Waals surface area contributed by atoms with Crippen LogP contribution >= 0.6 is 11.6 Å². The van der Waals surface area contributed by atoms with Crippen LogP contribution in [0.5, 0.6) is 0 Å². The molecule has 0 amide bonds. The minimum Gasteiger partial charge on any atom is -0.314 e. The lowest BCUT2D eigenvalue weighted by Crippen LogP contribution is -2.51. The second-order valence-corrected chi connectivity index (χ2v) is 7.85. The predicted octanol–water partition coefficient (Wildman–Crippen LogP) is 5.20. The first-order chi connectivity index (χ1) is 14.9. The molecule has 6 heteroatoms. The van der Waals surface area contributed by atoms with Crippen LogP contribution in [0.1, 0.15) is 34.3 Å². The molecule has 0 radical (unpaired) electrons. The molecule has 0 bridgehead atoms. The summed E-state index contributed by atoms with van der Waals surface area (Å²) in [7, 11) is 0. The van der Waals surface area contributed by atoms with Crippen LogP contribution in [0, 0.1) is 11.6 Å². The van der Waals surface area contributed by atoms with Crippen molar-refractivity contribution in [1.29, 1.82) is 0 Å². The molecule has 3 aromatic rings. The summed E-state index contributed by atoms with van der Waals surface area (Å²) in [5, 5.41) is 7.52. The van der Waals surface area contributed by atoms with Gasteiger partial charge in [0.25, 0.3) is 0 Å². The van der Waals surface area contributed by atoms with Crippen LogP contribution in [0.2, 0.25) is 5.02 Å². The molecule has 3 aromatic carbocycles. The Morgan fingerprint density at radius 3 is 1.81 bits per heavy atom. The Morgan fingerprint density at radius 1 is 0.871 bits per heavy atom. The van der Waals surface area contributed by atoms with E-state index in [0.29, 0.717) is 10.6 Å². The van der Waals surface area contributed by atoms with E-state index >= 15 is 0 Å². The van der Waals surface area contributed by atoms with E-state index in [9.17, 15) is 13.6 Å². The van der Waals surface area contributed by atoms with E-state index in [1.165, 1.54) is 31.2 Å². The Morgan fingerprint density at radius 2 is 1.39 bits per heavy atom. The first-order valence-corrected chi connectivity index (χ1v) is 10.5. The summed E-state index contributed by atoms with van der Waals surface area (Å²) >= 11 is 5.61. The molecule has 1 aliphatic rings. The number of hydrogen-bond donors (Lipinski definition) is 2. The minimum absolute atomic E-state index is 0.0664. The average Bonchev–Trinajstić information content (AvgIpc) is 2.78. The van der Waals surface area contributed by atoms with Crippen LogP contribution in [0.4, 0.5) is 8.78 Å². The van der Waals surface area contributed by atoms with Gasteiger partial charge in [0, 0.05) is 42.2 Å². The number of ketones is 1. The number of carbonyl (C=O) groups is 1. The molecule has 1 atom stereocenters. The Hall–Kier alpha value is -2.60. The van der Waals surface area contributed by atoms with E-state index in [1.54, 1.807) is 48.5 Å². The fourth-order valence-electron chi connectivity index (χ4n) is 3.59. The number of rotatable bonds is 4. The van der Waals surface area contributed by atoms with Crippen molar-refractivity contribution in [3.05, 3.63) is 106 Å². The molecule has 1 aliphatic heterocycles. The monoisotopic (exact) mass is 442 g/mol. The number of piperazine rings is 1. The Balaban J connectivity index is 0.000000229. The molecule has 162 valence electrons. The van der Waals surface area contributed by atoms with Crippen molar-refractivity contribution in [3.8, 4) is 0 Å². The Labute approximate surface area is 186 Å². The summed E-state index contributed by atoms with van der Waals surface area (Å²) in [4.78, 5) is 10.7. The lowest BCUT2D eigenvalue weighted by atomic mass is 9.84. The smallest absolute Gasteiger partial charge is 0.159 e. The number of hydrogen-bond acceptors (Lipinski definition) is 3. The van der Waals surface area contributed by atoms with Crippen molar-refractivity contribution >= 4 is 17.4 Å². The Kier molecular flexibility index (Phi) is 8.29.